The minimum absolute atomic E-state index is 0.247. The molecule has 1 heterocycles. The van der Waals surface area contributed by atoms with Crippen LogP contribution in [0.25, 0.3) is 10.8 Å². The molecule has 1 radical (unpaired) electrons. The van der Waals surface area contributed by atoms with Crippen LogP contribution in [0.1, 0.15) is 34.2 Å². The molecule has 0 bridgehead atoms. The maximum absolute atomic E-state index is 5.57. The van der Waals surface area contributed by atoms with Crippen LogP contribution in [-0.2, 0) is 6.42 Å². The van der Waals surface area contributed by atoms with Gasteiger partial charge in [-0.25, -0.2) is 0 Å². The predicted octanol–water partition coefficient (Wildman–Crippen LogP) is 4.39. The van der Waals surface area contributed by atoms with Gasteiger partial charge in [0.25, 0.3) is 0 Å². The quantitative estimate of drug-likeness (QED) is 0.764. The van der Waals surface area contributed by atoms with Crippen LogP contribution < -0.4 is 14.8 Å². The minimum Gasteiger partial charge on any atom is -0.493 e. The molecule has 0 saturated carbocycles. The van der Waals surface area contributed by atoms with Gasteiger partial charge in [0.2, 0.25) is 0 Å². The van der Waals surface area contributed by atoms with Crippen molar-refractivity contribution in [3.8, 4) is 11.5 Å². The van der Waals surface area contributed by atoms with Crippen LogP contribution in [-0.4, -0.2) is 20.8 Å². The zero-order valence-electron chi connectivity index (χ0n) is 15.1. The Balaban J connectivity index is 1.63. The van der Waals surface area contributed by atoms with Crippen LogP contribution in [0.4, 0.5) is 0 Å². The third kappa shape index (κ3) is 2.24. The van der Waals surface area contributed by atoms with Gasteiger partial charge in [-0.05, 0) is 58.1 Å². The van der Waals surface area contributed by atoms with Crippen molar-refractivity contribution >= 4 is 10.8 Å². The Hall–Kier alpha value is -2.52. The maximum atomic E-state index is 5.57. The second-order valence-corrected chi connectivity index (χ2v) is 7.07. The highest BCUT2D eigenvalue weighted by atomic mass is 16.5. The van der Waals surface area contributed by atoms with E-state index in [9.17, 15) is 0 Å². The van der Waals surface area contributed by atoms with Crippen molar-refractivity contribution in [3.05, 3.63) is 77.2 Å². The molecule has 3 aromatic rings. The van der Waals surface area contributed by atoms with Crippen LogP contribution in [0, 0.1) is 6.42 Å². The summed E-state index contributed by atoms with van der Waals surface area (Å²) in [5, 5.41) is 6.48. The van der Waals surface area contributed by atoms with Gasteiger partial charge in [-0.15, -0.1) is 0 Å². The number of hydrogen-bond donors (Lipinski definition) is 1. The molecule has 0 spiro atoms. The molecule has 0 amide bonds. The molecule has 3 nitrogen and oxygen atoms in total. The van der Waals surface area contributed by atoms with Crippen molar-refractivity contribution in [2.24, 2.45) is 0 Å². The van der Waals surface area contributed by atoms with Crippen molar-refractivity contribution in [2.75, 3.05) is 20.8 Å². The molecule has 2 atom stereocenters. The lowest BCUT2D eigenvalue weighted by Gasteiger charge is -2.32. The highest BCUT2D eigenvalue weighted by Gasteiger charge is 2.35. The van der Waals surface area contributed by atoms with E-state index in [1.807, 2.05) is 0 Å². The van der Waals surface area contributed by atoms with E-state index < -0.39 is 0 Å². The summed E-state index contributed by atoms with van der Waals surface area (Å²) in [5.74, 6) is 1.94. The van der Waals surface area contributed by atoms with Gasteiger partial charge < -0.3 is 14.8 Å². The van der Waals surface area contributed by atoms with Crippen molar-refractivity contribution < 1.29 is 9.47 Å². The predicted molar refractivity (Wildman–Crippen MR) is 104 cm³/mol. The lowest BCUT2D eigenvalue weighted by Crippen LogP contribution is -2.33. The van der Waals surface area contributed by atoms with E-state index >= 15 is 0 Å². The third-order valence-electron chi connectivity index (χ3n) is 5.79. The fraction of sp³-hybridized carbons (Fsp3) is 0.261. The topological polar surface area (TPSA) is 30.5 Å². The van der Waals surface area contributed by atoms with E-state index in [0.717, 1.165) is 24.5 Å². The van der Waals surface area contributed by atoms with E-state index in [-0.39, 0.29) is 6.04 Å². The molecule has 0 saturated heterocycles. The van der Waals surface area contributed by atoms with E-state index in [4.69, 9.17) is 9.47 Å². The molecule has 5 rings (SSSR count). The Bertz CT molecular complexity index is 990. The Kier molecular flexibility index (Phi) is 3.64. The van der Waals surface area contributed by atoms with Crippen LogP contribution >= 0.6 is 0 Å². The van der Waals surface area contributed by atoms with Crippen molar-refractivity contribution in [1.82, 2.24) is 5.32 Å². The summed E-state index contributed by atoms with van der Waals surface area (Å²) in [5.41, 5.74) is 5.43. The first-order chi connectivity index (χ1) is 12.8. The Labute approximate surface area is 153 Å². The largest absolute Gasteiger partial charge is 0.493 e. The van der Waals surface area contributed by atoms with Crippen molar-refractivity contribution in [1.29, 1.82) is 0 Å². The summed E-state index contributed by atoms with van der Waals surface area (Å²) < 4.78 is 11.1. The maximum Gasteiger partial charge on any atom is 0.161 e. The number of ether oxygens (including phenoxy) is 2. The summed E-state index contributed by atoms with van der Waals surface area (Å²) in [4.78, 5) is 0. The fourth-order valence-corrected chi connectivity index (χ4v) is 4.61. The highest BCUT2D eigenvalue weighted by molar-refractivity contribution is 5.93. The number of rotatable bonds is 3. The van der Waals surface area contributed by atoms with E-state index in [1.165, 1.54) is 33.0 Å². The van der Waals surface area contributed by atoms with Crippen LogP contribution in [0.5, 0.6) is 11.5 Å². The van der Waals surface area contributed by atoms with E-state index in [2.05, 4.69) is 60.3 Å². The Morgan fingerprint density at radius 3 is 2.50 bits per heavy atom. The molecular formula is C23H22NO2. The molecule has 0 aromatic heterocycles. The van der Waals surface area contributed by atoms with Gasteiger partial charge in [-0.2, -0.15) is 0 Å². The van der Waals surface area contributed by atoms with Gasteiger partial charge in [-0.1, -0.05) is 36.4 Å². The van der Waals surface area contributed by atoms with Crippen LogP contribution in [0.15, 0.2) is 48.5 Å². The number of methoxy groups -OCH3 is 2. The van der Waals surface area contributed by atoms with Crippen molar-refractivity contribution in [3.63, 3.8) is 0 Å². The molecule has 3 aromatic carbocycles. The van der Waals surface area contributed by atoms with Gasteiger partial charge in [-0.3, -0.25) is 0 Å². The zero-order valence-corrected chi connectivity index (χ0v) is 15.1. The van der Waals surface area contributed by atoms with E-state index in [0.29, 0.717) is 5.92 Å². The summed E-state index contributed by atoms with van der Waals surface area (Å²) in [7, 11) is 3.40. The average Bonchev–Trinajstić information content (AvgIpc) is 3.07. The normalized spacial score (nSPS) is 20.8. The van der Waals surface area contributed by atoms with E-state index in [1.54, 1.807) is 14.2 Å². The standard InChI is InChI=1S/C23H22NO2/c1-25-20-12-15-9-10-24-23(18(15)13-21(20)26-2)19-11-16-7-3-5-14-6-4-8-17(19)22(14)16/h3-8,11-13,19,23-24H,9-10H2,1-2H3. The first kappa shape index (κ1) is 15.7. The number of fused-ring (bicyclic) bond motifs is 1. The smallest absolute Gasteiger partial charge is 0.161 e. The molecular weight excluding hydrogens is 322 g/mol. The lowest BCUT2D eigenvalue weighted by molar-refractivity contribution is 0.351. The first-order valence-electron chi connectivity index (χ1n) is 9.15. The van der Waals surface area contributed by atoms with Gasteiger partial charge in [0, 0.05) is 18.4 Å². The van der Waals surface area contributed by atoms with Gasteiger partial charge in [0.05, 0.1) is 14.2 Å². The summed E-state index contributed by atoms with van der Waals surface area (Å²) in [6.45, 7) is 0.976. The first-order valence-corrected chi connectivity index (χ1v) is 9.15. The fourth-order valence-electron chi connectivity index (χ4n) is 4.61. The molecule has 0 fully saturated rings. The second kappa shape index (κ2) is 6.03. The number of hydrogen-bond acceptors (Lipinski definition) is 3. The third-order valence-corrected chi connectivity index (χ3v) is 5.79. The van der Waals surface area contributed by atoms with Gasteiger partial charge >= 0.3 is 0 Å². The SMILES string of the molecule is COc1cc2c(cc1OC)C(C1[CH]c3cccc4cccc1c34)NCC2. The van der Waals surface area contributed by atoms with Crippen LogP contribution in [0.3, 0.4) is 0 Å². The molecule has 2 unspecified atom stereocenters. The van der Waals surface area contributed by atoms with Gasteiger partial charge in [0.15, 0.2) is 11.5 Å². The number of nitrogens with one attached hydrogen (secondary N) is 1. The minimum atomic E-state index is 0.247. The Morgan fingerprint density at radius 1 is 0.923 bits per heavy atom. The molecule has 2 aliphatic rings. The molecule has 1 N–H and O–H groups in total. The second-order valence-electron chi connectivity index (χ2n) is 7.07. The molecule has 1 aliphatic carbocycles. The average molecular weight is 344 g/mol. The zero-order chi connectivity index (χ0) is 17.7. The summed E-state index contributed by atoms with van der Waals surface area (Å²) >= 11 is 0. The number of benzene rings is 3. The van der Waals surface area contributed by atoms with Gasteiger partial charge in [0.1, 0.15) is 0 Å². The summed E-state index contributed by atoms with van der Waals surface area (Å²) in [6, 6.07) is 17.8. The molecule has 26 heavy (non-hydrogen) atoms. The highest BCUT2D eigenvalue weighted by Crippen LogP contribution is 2.48. The molecule has 1 aliphatic heterocycles. The monoisotopic (exact) mass is 344 g/mol. The summed E-state index contributed by atoms with van der Waals surface area (Å²) in [6.07, 6.45) is 3.43. The molecule has 131 valence electrons. The van der Waals surface area contributed by atoms with Crippen LogP contribution in [0.2, 0.25) is 0 Å². The van der Waals surface area contributed by atoms with Crippen molar-refractivity contribution in [2.45, 2.75) is 18.4 Å². The molecule has 3 heteroatoms. The Morgan fingerprint density at radius 2 is 1.69 bits per heavy atom. The lowest BCUT2D eigenvalue weighted by atomic mass is 9.82.